The first-order valence-corrected chi connectivity index (χ1v) is 8.44. The van der Waals surface area contributed by atoms with Crippen LogP contribution < -0.4 is 0 Å². The number of fused-ring (bicyclic) bond motifs is 1. The van der Waals surface area contributed by atoms with Gasteiger partial charge in [0.15, 0.2) is 0 Å². The van der Waals surface area contributed by atoms with Gasteiger partial charge in [0.2, 0.25) is 0 Å². The average Bonchev–Trinajstić information content (AvgIpc) is 3.14. The van der Waals surface area contributed by atoms with Gasteiger partial charge in [0.1, 0.15) is 0 Å². The van der Waals surface area contributed by atoms with Crippen molar-refractivity contribution in [1.82, 2.24) is 20.0 Å². The van der Waals surface area contributed by atoms with E-state index in [0.29, 0.717) is 12.1 Å². The number of H-pyrrole nitrogens is 1. The minimum Gasteiger partial charge on any atom is -0.392 e. The smallest absolute Gasteiger partial charge is 0.0695 e. The minimum atomic E-state index is -0.152. The molecule has 2 aromatic rings. The first-order chi connectivity index (χ1) is 11.2. The highest BCUT2D eigenvalue weighted by Crippen LogP contribution is 2.28. The quantitative estimate of drug-likeness (QED) is 0.906. The Bertz CT molecular complexity index is 656. The third kappa shape index (κ3) is 2.92. The van der Waals surface area contributed by atoms with Crippen molar-refractivity contribution in [3.8, 4) is 11.3 Å². The zero-order valence-corrected chi connectivity index (χ0v) is 13.5. The molecular formula is C18H24N4O. The number of aromatic amines is 1. The molecule has 2 aliphatic heterocycles. The molecule has 0 aliphatic carbocycles. The lowest BCUT2D eigenvalue weighted by molar-refractivity contribution is 0.0529. The predicted molar refractivity (Wildman–Crippen MR) is 89.9 cm³/mol. The van der Waals surface area contributed by atoms with Crippen LogP contribution in [0.2, 0.25) is 0 Å². The fourth-order valence-corrected chi connectivity index (χ4v) is 4.00. The molecule has 5 nitrogen and oxygen atoms in total. The van der Waals surface area contributed by atoms with Crippen molar-refractivity contribution < 1.29 is 5.11 Å². The molecule has 2 aliphatic rings. The Morgan fingerprint density at radius 3 is 2.87 bits per heavy atom. The molecule has 1 aromatic carbocycles. The van der Waals surface area contributed by atoms with Crippen LogP contribution in [0.5, 0.6) is 0 Å². The number of nitrogens with zero attached hydrogens (tertiary/aromatic N) is 3. The van der Waals surface area contributed by atoms with Crippen molar-refractivity contribution in [2.24, 2.45) is 0 Å². The van der Waals surface area contributed by atoms with Gasteiger partial charge >= 0.3 is 0 Å². The normalized spacial score (nSPS) is 28.9. The predicted octanol–water partition coefficient (Wildman–Crippen LogP) is 1.72. The molecule has 0 saturated carbocycles. The van der Waals surface area contributed by atoms with E-state index in [1.165, 1.54) is 11.1 Å². The molecule has 2 fully saturated rings. The fourth-order valence-electron chi connectivity index (χ4n) is 4.00. The van der Waals surface area contributed by atoms with Gasteiger partial charge in [-0.2, -0.15) is 5.10 Å². The zero-order chi connectivity index (χ0) is 15.8. The second kappa shape index (κ2) is 6.07. The molecule has 0 unspecified atom stereocenters. The summed E-state index contributed by atoms with van der Waals surface area (Å²) in [5.41, 5.74) is 3.55. The Hall–Kier alpha value is -1.69. The summed E-state index contributed by atoms with van der Waals surface area (Å²) in [7, 11) is 0. The highest BCUT2D eigenvalue weighted by atomic mass is 16.3. The Morgan fingerprint density at radius 2 is 2.04 bits per heavy atom. The summed E-state index contributed by atoms with van der Waals surface area (Å²) in [6, 6.07) is 11.4. The molecule has 122 valence electrons. The van der Waals surface area contributed by atoms with Gasteiger partial charge in [0.05, 0.1) is 18.0 Å². The van der Waals surface area contributed by atoms with Crippen molar-refractivity contribution in [2.45, 2.75) is 38.1 Å². The average molecular weight is 312 g/mol. The van der Waals surface area contributed by atoms with Gasteiger partial charge in [-0.1, -0.05) is 30.3 Å². The first-order valence-electron chi connectivity index (χ1n) is 8.44. The van der Waals surface area contributed by atoms with Crippen LogP contribution in [0.25, 0.3) is 11.3 Å². The van der Waals surface area contributed by atoms with Crippen LogP contribution in [0, 0.1) is 0 Å². The number of hydrogen-bond acceptors (Lipinski definition) is 4. The second-order valence-corrected chi connectivity index (χ2v) is 6.91. The van der Waals surface area contributed by atoms with Gasteiger partial charge < -0.3 is 5.11 Å². The van der Waals surface area contributed by atoms with Crippen molar-refractivity contribution in [3.05, 3.63) is 42.1 Å². The number of aliphatic hydroxyl groups excluding tert-OH is 1. The van der Waals surface area contributed by atoms with Gasteiger partial charge in [0.25, 0.3) is 0 Å². The van der Waals surface area contributed by atoms with E-state index in [4.69, 9.17) is 0 Å². The van der Waals surface area contributed by atoms with E-state index in [1.54, 1.807) is 0 Å². The number of hydrogen-bond donors (Lipinski definition) is 2. The van der Waals surface area contributed by atoms with E-state index in [-0.39, 0.29) is 6.10 Å². The van der Waals surface area contributed by atoms with Crippen LogP contribution in [0.15, 0.2) is 36.5 Å². The highest BCUT2D eigenvalue weighted by molar-refractivity contribution is 5.62. The third-order valence-electron chi connectivity index (χ3n) is 5.23. The number of aromatic nitrogens is 2. The number of piperazine rings is 1. The highest BCUT2D eigenvalue weighted by Gasteiger charge is 2.38. The van der Waals surface area contributed by atoms with E-state index in [9.17, 15) is 5.11 Å². The van der Waals surface area contributed by atoms with Crippen LogP contribution in [0.1, 0.15) is 18.9 Å². The molecule has 1 aromatic heterocycles. The summed E-state index contributed by atoms with van der Waals surface area (Å²) >= 11 is 0. The Balaban J connectivity index is 1.52. The van der Waals surface area contributed by atoms with Crippen molar-refractivity contribution in [2.75, 3.05) is 19.6 Å². The Labute approximate surface area is 136 Å². The van der Waals surface area contributed by atoms with Crippen LogP contribution >= 0.6 is 0 Å². The van der Waals surface area contributed by atoms with E-state index in [0.717, 1.165) is 38.3 Å². The standard InChI is InChI=1S/C18H24N4O/c1-13-9-22-12-17(23)7-16(22)11-21(13)10-15-8-19-20-18(15)14-5-3-2-4-6-14/h2-6,8,13,16-17,23H,7,9-12H2,1H3,(H,19,20)/t13-,16-,17+/m0/s1. The van der Waals surface area contributed by atoms with Crippen molar-refractivity contribution >= 4 is 0 Å². The van der Waals surface area contributed by atoms with Gasteiger partial charge in [-0.25, -0.2) is 0 Å². The SMILES string of the molecule is C[C@H]1CN2C[C@H](O)C[C@H]2CN1Cc1cn[nH]c1-c1ccccc1. The van der Waals surface area contributed by atoms with E-state index < -0.39 is 0 Å². The summed E-state index contributed by atoms with van der Waals surface area (Å²) in [5.74, 6) is 0. The zero-order valence-electron chi connectivity index (χ0n) is 13.5. The van der Waals surface area contributed by atoms with Crippen LogP contribution in [0.3, 0.4) is 0 Å². The van der Waals surface area contributed by atoms with Crippen molar-refractivity contribution in [1.29, 1.82) is 0 Å². The number of aliphatic hydroxyl groups is 1. The number of nitrogens with one attached hydrogen (secondary N) is 1. The molecule has 2 N–H and O–H groups in total. The number of benzene rings is 1. The maximum atomic E-state index is 9.91. The largest absolute Gasteiger partial charge is 0.392 e. The lowest BCUT2D eigenvalue weighted by Gasteiger charge is -2.42. The molecule has 2 saturated heterocycles. The van der Waals surface area contributed by atoms with Gasteiger partial charge in [0, 0.05) is 43.8 Å². The van der Waals surface area contributed by atoms with E-state index in [1.807, 2.05) is 12.3 Å². The van der Waals surface area contributed by atoms with E-state index >= 15 is 0 Å². The molecule has 4 rings (SSSR count). The summed E-state index contributed by atoms with van der Waals surface area (Å²) in [6.45, 7) is 6.09. The maximum absolute atomic E-state index is 9.91. The van der Waals surface area contributed by atoms with Crippen LogP contribution in [-0.4, -0.2) is 62.9 Å². The van der Waals surface area contributed by atoms with Crippen LogP contribution in [-0.2, 0) is 6.54 Å². The summed E-state index contributed by atoms with van der Waals surface area (Å²) in [5, 5.41) is 17.3. The van der Waals surface area contributed by atoms with Gasteiger partial charge in [-0.15, -0.1) is 0 Å². The Kier molecular flexibility index (Phi) is 3.93. The second-order valence-electron chi connectivity index (χ2n) is 6.91. The van der Waals surface area contributed by atoms with Crippen molar-refractivity contribution in [3.63, 3.8) is 0 Å². The molecule has 0 radical (unpaired) electrons. The van der Waals surface area contributed by atoms with Crippen LogP contribution in [0.4, 0.5) is 0 Å². The molecule has 0 spiro atoms. The topological polar surface area (TPSA) is 55.4 Å². The lowest BCUT2D eigenvalue weighted by Crippen LogP contribution is -2.54. The van der Waals surface area contributed by atoms with Gasteiger partial charge in [-0.3, -0.25) is 14.9 Å². The summed E-state index contributed by atoms with van der Waals surface area (Å²) in [4.78, 5) is 4.97. The first kappa shape index (κ1) is 14.9. The fraction of sp³-hybridized carbons (Fsp3) is 0.500. The van der Waals surface area contributed by atoms with E-state index in [2.05, 4.69) is 51.2 Å². The summed E-state index contributed by atoms with van der Waals surface area (Å²) in [6.07, 6.45) is 2.70. The maximum Gasteiger partial charge on any atom is 0.0695 e. The number of rotatable bonds is 3. The molecule has 3 heterocycles. The molecular weight excluding hydrogens is 288 g/mol. The molecule has 3 atom stereocenters. The Morgan fingerprint density at radius 1 is 1.22 bits per heavy atom. The minimum absolute atomic E-state index is 0.152. The molecule has 0 amide bonds. The third-order valence-corrected chi connectivity index (χ3v) is 5.23. The van der Waals surface area contributed by atoms with Gasteiger partial charge in [-0.05, 0) is 18.9 Å². The molecule has 5 heteroatoms. The molecule has 23 heavy (non-hydrogen) atoms. The summed E-state index contributed by atoms with van der Waals surface area (Å²) < 4.78 is 0. The molecule has 0 bridgehead atoms. The monoisotopic (exact) mass is 312 g/mol. The lowest BCUT2D eigenvalue weighted by atomic mass is 10.0.